The van der Waals surface area contributed by atoms with Crippen LogP contribution in [0.15, 0.2) is 53.9 Å². The molecule has 4 aromatic heterocycles. The van der Waals surface area contributed by atoms with Gasteiger partial charge in [0.25, 0.3) is 0 Å². The first-order valence-electron chi connectivity index (χ1n) is 13.3. The lowest BCUT2D eigenvalue weighted by Crippen LogP contribution is -2.68. The summed E-state index contributed by atoms with van der Waals surface area (Å²) in [5.74, 6) is 2.51. The summed E-state index contributed by atoms with van der Waals surface area (Å²) >= 11 is 0. The van der Waals surface area contributed by atoms with E-state index in [0.29, 0.717) is 31.1 Å². The molecular weight excluding hydrogens is 478 g/mol. The summed E-state index contributed by atoms with van der Waals surface area (Å²) in [6.45, 7) is 6.32. The first-order chi connectivity index (χ1) is 18.7. The standard InChI is InChI=1S/C29H31N7O2/c1-3-8-38-23-10-24(29-25-13-30-14-26(25)33-36(29)18-23)20-5-6-27(31-12-20)34-16-21-9-22(17-34)35(21)15-19-4-7-28(37-2)32-11-19/h4-7,10-13,18,21-22H,3,8-9,14-17H2,1-2H3. The maximum absolute atomic E-state index is 5.99. The molecule has 0 N–H and O–H groups in total. The van der Waals surface area contributed by atoms with Gasteiger partial charge < -0.3 is 14.4 Å². The lowest BCUT2D eigenvalue weighted by molar-refractivity contribution is -0.00876. The summed E-state index contributed by atoms with van der Waals surface area (Å²) in [4.78, 5) is 18.7. The number of piperidine rings is 1. The lowest BCUT2D eigenvalue weighted by atomic mass is 9.87. The number of methoxy groups -OCH3 is 1. The Morgan fingerprint density at radius 2 is 1.95 bits per heavy atom. The number of hydrogen-bond donors (Lipinski definition) is 0. The number of pyridine rings is 3. The zero-order chi connectivity index (χ0) is 25.6. The summed E-state index contributed by atoms with van der Waals surface area (Å²) in [7, 11) is 1.65. The maximum atomic E-state index is 5.99. The van der Waals surface area contributed by atoms with Gasteiger partial charge in [0.1, 0.15) is 11.6 Å². The predicted octanol–water partition coefficient (Wildman–Crippen LogP) is 3.98. The maximum Gasteiger partial charge on any atom is 0.212 e. The molecule has 0 saturated carbocycles. The van der Waals surface area contributed by atoms with Gasteiger partial charge in [0.05, 0.1) is 37.7 Å². The number of hydrogen-bond acceptors (Lipinski definition) is 8. The average Bonchev–Trinajstić information content (AvgIpc) is 3.56. The van der Waals surface area contributed by atoms with Crippen molar-refractivity contribution in [2.24, 2.45) is 4.99 Å². The number of rotatable bonds is 8. The predicted molar refractivity (Wildman–Crippen MR) is 146 cm³/mol. The molecule has 8 heterocycles. The third-order valence-electron chi connectivity index (χ3n) is 7.85. The highest BCUT2D eigenvalue weighted by atomic mass is 16.5. The fraction of sp³-hybridized carbons (Fsp3) is 0.379. The van der Waals surface area contributed by atoms with Gasteiger partial charge in [-0.05, 0) is 36.6 Å². The second kappa shape index (κ2) is 9.40. The highest BCUT2D eigenvalue weighted by molar-refractivity contribution is 5.99. The van der Waals surface area contributed by atoms with Crippen molar-refractivity contribution in [3.05, 3.63) is 65.7 Å². The van der Waals surface area contributed by atoms with Gasteiger partial charge >= 0.3 is 0 Å². The summed E-state index contributed by atoms with van der Waals surface area (Å²) in [5, 5.41) is 4.77. The van der Waals surface area contributed by atoms with E-state index in [1.165, 1.54) is 12.0 Å². The molecule has 4 aliphatic rings. The van der Waals surface area contributed by atoms with E-state index in [0.717, 1.165) is 65.5 Å². The first-order valence-corrected chi connectivity index (χ1v) is 13.3. The first kappa shape index (κ1) is 23.2. The third-order valence-corrected chi connectivity index (χ3v) is 7.85. The lowest BCUT2D eigenvalue weighted by Gasteiger charge is -2.56. The molecule has 0 amide bonds. The van der Waals surface area contributed by atoms with E-state index in [-0.39, 0.29) is 0 Å². The topological polar surface area (TPSA) is 80.4 Å². The molecule has 3 fully saturated rings. The van der Waals surface area contributed by atoms with Crippen LogP contribution in [-0.4, -0.2) is 69.6 Å². The summed E-state index contributed by atoms with van der Waals surface area (Å²) in [6, 6.07) is 11.6. The molecule has 38 heavy (non-hydrogen) atoms. The van der Waals surface area contributed by atoms with Gasteiger partial charge in [-0.3, -0.25) is 9.89 Å². The van der Waals surface area contributed by atoms with Crippen LogP contribution in [0.1, 0.15) is 36.6 Å². The molecule has 9 nitrogen and oxygen atoms in total. The minimum Gasteiger partial charge on any atom is -0.492 e. The van der Waals surface area contributed by atoms with Crippen molar-refractivity contribution in [1.29, 1.82) is 0 Å². The van der Waals surface area contributed by atoms with Crippen LogP contribution in [0.25, 0.3) is 16.6 Å². The number of piperazine rings is 1. The van der Waals surface area contributed by atoms with Crippen molar-refractivity contribution in [3.8, 4) is 22.8 Å². The quantitative estimate of drug-likeness (QED) is 0.355. The van der Waals surface area contributed by atoms with Gasteiger partial charge in [-0.15, -0.1) is 0 Å². The van der Waals surface area contributed by atoms with Gasteiger partial charge in [-0.2, -0.15) is 5.10 Å². The van der Waals surface area contributed by atoms with Crippen molar-refractivity contribution in [2.75, 3.05) is 31.7 Å². The molecular formula is C29H31N7O2. The van der Waals surface area contributed by atoms with E-state index >= 15 is 0 Å². The van der Waals surface area contributed by atoms with Gasteiger partial charge in [0.2, 0.25) is 5.88 Å². The number of fused-ring (bicyclic) bond motifs is 5. The molecule has 4 aliphatic heterocycles. The van der Waals surface area contributed by atoms with E-state index in [4.69, 9.17) is 19.6 Å². The summed E-state index contributed by atoms with van der Waals surface area (Å²) in [5.41, 5.74) is 6.51. The Bertz CT molecular complexity index is 1480. The van der Waals surface area contributed by atoms with Crippen LogP contribution in [0, 0.1) is 0 Å². The number of aromatic nitrogens is 4. The molecule has 2 bridgehead atoms. The molecule has 2 atom stereocenters. The van der Waals surface area contributed by atoms with E-state index in [2.05, 4.69) is 51.0 Å². The Morgan fingerprint density at radius 3 is 2.68 bits per heavy atom. The monoisotopic (exact) mass is 509 g/mol. The molecule has 194 valence electrons. The molecule has 0 aliphatic carbocycles. The van der Waals surface area contributed by atoms with E-state index < -0.39 is 0 Å². The van der Waals surface area contributed by atoms with Crippen LogP contribution >= 0.6 is 0 Å². The van der Waals surface area contributed by atoms with Crippen molar-refractivity contribution >= 4 is 17.5 Å². The molecule has 0 spiro atoms. The van der Waals surface area contributed by atoms with Crippen LogP contribution < -0.4 is 14.4 Å². The van der Waals surface area contributed by atoms with E-state index in [9.17, 15) is 0 Å². The number of ether oxygens (including phenoxy) is 2. The fourth-order valence-corrected chi connectivity index (χ4v) is 5.92. The Kier molecular flexibility index (Phi) is 5.73. The van der Waals surface area contributed by atoms with Crippen molar-refractivity contribution in [1.82, 2.24) is 24.5 Å². The normalized spacial score (nSPS) is 20.0. The van der Waals surface area contributed by atoms with Crippen LogP contribution in [0.3, 0.4) is 0 Å². The second-order valence-electron chi connectivity index (χ2n) is 10.3. The second-order valence-corrected chi connectivity index (χ2v) is 10.3. The molecule has 4 aromatic rings. The van der Waals surface area contributed by atoms with Crippen molar-refractivity contribution < 1.29 is 9.47 Å². The summed E-state index contributed by atoms with van der Waals surface area (Å²) < 4.78 is 13.1. The smallest absolute Gasteiger partial charge is 0.212 e. The van der Waals surface area contributed by atoms with E-state index in [1.807, 2.05) is 35.4 Å². The average molecular weight is 510 g/mol. The van der Waals surface area contributed by atoms with Gasteiger partial charge in [0, 0.05) is 73.1 Å². The Labute approximate surface area is 221 Å². The van der Waals surface area contributed by atoms with Crippen molar-refractivity contribution in [3.63, 3.8) is 0 Å². The highest BCUT2D eigenvalue weighted by Crippen LogP contribution is 2.37. The molecule has 0 aromatic carbocycles. The molecule has 0 radical (unpaired) electrons. The van der Waals surface area contributed by atoms with Crippen LogP contribution in [0.4, 0.5) is 5.82 Å². The Balaban J connectivity index is 1.10. The number of nitrogens with zero attached hydrogens (tertiary/aromatic N) is 7. The zero-order valence-electron chi connectivity index (χ0n) is 21.7. The molecule has 3 saturated heterocycles. The molecule has 8 rings (SSSR count). The van der Waals surface area contributed by atoms with Gasteiger partial charge in [-0.25, -0.2) is 14.5 Å². The Morgan fingerprint density at radius 1 is 1.05 bits per heavy atom. The SMILES string of the molecule is CCCOc1cc(-c2ccc(N3CC4CC(C3)N4Cc3ccc(OC)nc3)nc2)c2c3c(nn2c1)CN=C3. The zero-order valence-corrected chi connectivity index (χ0v) is 21.7. The van der Waals surface area contributed by atoms with Crippen molar-refractivity contribution in [2.45, 2.75) is 44.9 Å². The molecule has 9 heteroatoms. The van der Waals surface area contributed by atoms with E-state index in [1.54, 1.807) is 7.11 Å². The van der Waals surface area contributed by atoms with Crippen LogP contribution in [0.2, 0.25) is 0 Å². The van der Waals surface area contributed by atoms with Gasteiger partial charge in [-0.1, -0.05) is 13.0 Å². The minimum atomic E-state index is 0.540. The number of aliphatic imine (C=N–C) groups is 1. The summed E-state index contributed by atoms with van der Waals surface area (Å²) in [6.07, 6.45) is 10.0. The largest absolute Gasteiger partial charge is 0.492 e. The minimum absolute atomic E-state index is 0.540. The Hall–Kier alpha value is -3.98. The fourth-order valence-electron chi connectivity index (χ4n) is 5.92. The number of anilines is 1. The third kappa shape index (κ3) is 3.98. The van der Waals surface area contributed by atoms with Gasteiger partial charge in [0.15, 0.2) is 0 Å². The van der Waals surface area contributed by atoms with Crippen LogP contribution in [-0.2, 0) is 13.1 Å². The highest BCUT2D eigenvalue weighted by Gasteiger charge is 2.44. The molecule has 2 unspecified atom stereocenters. The van der Waals surface area contributed by atoms with Crippen LogP contribution in [0.5, 0.6) is 11.6 Å².